The van der Waals surface area contributed by atoms with Crippen LogP contribution in [0.2, 0.25) is 0 Å². The standard InChI is InChI=1S/C21H24N6O4/c1-4-5-6-10-14-17(28)26(12-13-9-7-8-11-22-13)20-23-16-15(27(20)18(14)29)19(30)25(3)21(31)24(16)2/h7-9,11,28H,4-6,10,12H2,1-3H3. The smallest absolute Gasteiger partial charge is 0.332 e. The largest absolute Gasteiger partial charge is 0.494 e. The molecule has 0 aromatic carbocycles. The highest BCUT2D eigenvalue weighted by atomic mass is 16.3. The predicted molar refractivity (Wildman–Crippen MR) is 116 cm³/mol. The summed E-state index contributed by atoms with van der Waals surface area (Å²) in [6, 6.07) is 5.40. The number of aryl methyl sites for hydroxylation is 1. The molecule has 0 aliphatic carbocycles. The zero-order valence-corrected chi connectivity index (χ0v) is 17.7. The van der Waals surface area contributed by atoms with Crippen molar-refractivity contribution in [3.05, 3.63) is 66.8 Å². The molecular formula is C21H24N6O4. The second-order valence-corrected chi connectivity index (χ2v) is 7.60. The number of nitrogens with zero attached hydrogens (tertiary/aromatic N) is 6. The molecule has 0 saturated carbocycles. The second-order valence-electron chi connectivity index (χ2n) is 7.60. The van der Waals surface area contributed by atoms with Crippen LogP contribution in [-0.2, 0) is 27.1 Å². The summed E-state index contributed by atoms with van der Waals surface area (Å²) in [4.78, 5) is 47.4. The molecule has 0 aliphatic rings. The highest BCUT2D eigenvalue weighted by molar-refractivity contribution is 5.75. The van der Waals surface area contributed by atoms with Crippen molar-refractivity contribution in [3.8, 4) is 5.88 Å². The van der Waals surface area contributed by atoms with Gasteiger partial charge in [0.1, 0.15) is 0 Å². The van der Waals surface area contributed by atoms with Crippen LogP contribution in [0.5, 0.6) is 5.88 Å². The van der Waals surface area contributed by atoms with Gasteiger partial charge in [-0.15, -0.1) is 0 Å². The zero-order valence-electron chi connectivity index (χ0n) is 17.7. The lowest BCUT2D eigenvalue weighted by Crippen LogP contribution is -2.38. The van der Waals surface area contributed by atoms with Gasteiger partial charge in [0.25, 0.3) is 11.1 Å². The Morgan fingerprint density at radius 1 is 1.03 bits per heavy atom. The lowest BCUT2D eigenvalue weighted by atomic mass is 10.1. The van der Waals surface area contributed by atoms with Gasteiger partial charge in [-0.25, -0.2) is 9.20 Å². The van der Waals surface area contributed by atoms with Gasteiger partial charge in [-0.05, 0) is 25.0 Å². The summed E-state index contributed by atoms with van der Waals surface area (Å²) in [5.41, 5.74) is -0.696. The van der Waals surface area contributed by atoms with Gasteiger partial charge in [0, 0.05) is 20.3 Å². The van der Waals surface area contributed by atoms with E-state index in [9.17, 15) is 19.5 Å². The number of unbranched alkanes of at least 4 members (excludes halogenated alkanes) is 2. The third-order valence-electron chi connectivity index (χ3n) is 5.54. The van der Waals surface area contributed by atoms with Crippen molar-refractivity contribution in [2.24, 2.45) is 14.1 Å². The molecule has 4 rings (SSSR count). The molecular weight excluding hydrogens is 400 g/mol. The fraction of sp³-hybridized carbons (Fsp3) is 0.381. The Bertz CT molecular complexity index is 1460. The molecule has 0 amide bonds. The third-order valence-corrected chi connectivity index (χ3v) is 5.54. The maximum atomic E-state index is 13.4. The maximum Gasteiger partial charge on any atom is 0.332 e. The van der Waals surface area contributed by atoms with E-state index in [1.54, 1.807) is 18.3 Å². The number of rotatable bonds is 6. The van der Waals surface area contributed by atoms with E-state index in [1.165, 1.54) is 27.6 Å². The maximum absolute atomic E-state index is 13.4. The molecule has 162 valence electrons. The van der Waals surface area contributed by atoms with E-state index in [0.717, 1.165) is 23.8 Å². The van der Waals surface area contributed by atoms with Crippen molar-refractivity contribution in [1.82, 2.24) is 28.1 Å². The summed E-state index contributed by atoms with van der Waals surface area (Å²) in [5.74, 6) is -0.114. The average molecular weight is 424 g/mol. The Morgan fingerprint density at radius 3 is 2.48 bits per heavy atom. The van der Waals surface area contributed by atoms with E-state index >= 15 is 0 Å². The molecule has 10 heteroatoms. The number of fused-ring (bicyclic) bond motifs is 3. The van der Waals surface area contributed by atoms with Crippen LogP contribution in [0.4, 0.5) is 0 Å². The van der Waals surface area contributed by atoms with E-state index in [0.29, 0.717) is 12.1 Å². The van der Waals surface area contributed by atoms with Crippen LogP contribution < -0.4 is 16.8 Å². The minimum absolute atomic E-state index is 0.0103. The number of pyridine rings is 1. The molecule has 0 spiro atoms. The Kier molecular flexibility index (Phi) is 5.22. The lowest BCUT2D eigenvalue weighted by molar-refractivity contribution is 0.409. The summed E-state index contributed by atoms with van der Waals surface area (Å²) in [5, 5.41) is 11.0. The first-order chi connectivity index (χ1) is 14.9. The Labute approximate surface area is 176 Å². The van der Waals surface area contributed by atoms with Crippen LogP contribution in [-0.4, -0.2) is 33.2 Å². The summed E-state index contributed by atoms with van der Waals surface area (Å²) in [7, 11) is 2.85. The number of aromatic nitrogens is 6. The van der Waals surface area contributed by atoms with Crippen LogP contribution in [0.3, 0.4) is 0 Å². The minimum atomic E-state index is -0.614. The van der Waals surface area contributed by atoms with Crippen molar-refractivity contribution in [2.75, 3.05) is 0 Å². The van der Waals surface area contributed by atoms with Crippen LogP contribution >= 0.6 is 0 Å². The number of imidazole rings is 1. The van der Waals surface area contributed by atoms with Crippen molar-refractivity contribution >= 4 is 16.9 Å². The topological polar surface area (TPSA) is 116 Å². The molecule has 4 heterocycles. The van der Waals surface area contributed by atoms with E-state index in [4.69, 9.17) is 0 Å². The van der Waals surface area contributed by atoms with Crippen molar-refractivity contribution in [3.63, 3.8) is 0 Å². The molecule has 0 unspecified atom stereocenters. The predicted octanol–water partition coefficient (Wildman–Crippen LogP) is 0.928. The molecule has 0 saturated heterocycles. The molecule has 1 N–H and O–H groups in total. The summed E-state index contributed by atoms with van der Waals surface area (Å²) < 4.78 is 4.85. The molecule has 0 radical (unpaired) electrons. The number of hydrogen-bond donors (Lipinski definition) is 1. The SMILES string of the molecule is CCCCCc1c(O)n(Cc2ccccn2)c2nc3c(c(=O)n(C)c(=O)n3C)n2c1=O. The summed E-state index contributed by atoms with van der Waals surface area (Å²) in [6.45, 7) is 2.20. The van der Waals surface area contributed by atoms with E-state index in [2.05, 4.69) is 16.9 Å². The fourth-order valence-corrected chi connectivity index (χ4v) is 3.82. The molecule has 0 atom stereocenters. The molecule has 10 nitrogen and oxygen atoms in total. The van der Waals surface area contributed by atoms with Gasteiger partial charge in [0.15, 0.2) is 11.2 Å². The van der Waals surface area contributed by atoms with Crippen LogP contribution in [0.15, 0.2) is 38.8 Å². The van der Waals surface area contributed by atoms with E-state index < -0.39 is 16.8 Å². The molecule has 0 bridgehead atoms. The van der Waals surface area contributed by atoms with Gasteiger partial charge in [-0.2, -0.15) is 4.98 Å². The normalized spacial score (nSPS) is 11.6. The van der Waals surface area contributed by atoms with E-state index in [-0.39, 0.29) is 34.9 Å². The molecule has 31 heavy (non-hydrogen) atoms. The van der Waals surface area contributed by atoms with Crippen LogP contribution in [0.1, 0.15) is 37.4 Å². The van der Waals surface area contributed by atoms with Gasteiger partial charge >= 0.3 is 5.69 Å². The second kappa shape index (κ2) is 7.86. The third kappa shape index (κ3) is 3.24. The van der Waals surface area contributed by atoms with Crippen molar-refractivity contribution < 1.29 is 5.11 Å². The summed E-state index contributed by atoms with van der Waals surface area (Å²) in [6.07, 6.45) is 4.58. The number of aromatic hydroxyl groups is 1. The molecule has 0 fully saturated rings. The first-order valence-corrected chi connectivity index (χ1v) is 10.2. The van der Waals surface area contributed by atoms with Crippen molar-refractivity contribution in [2.45, 2.75) is 39.2 Å². The van der Waals surface area contributed by atoms with Gasteiger partial charge < -0.3 is 5.11 Å². The highest BCUT2D eigenvalue weighted by Crippen LogP contribution is 2.22. The summed E-state index contributed by atoms with van der Waals surface area (Å²) >= 11 is 0. The first kappa shape index (κ1) is 20.6. The van der Waals surface area contributed by atoms with Gasteiger partial charge in [0.05, 0.1) is 17.8 Å². The average Bonchev–Trinajstić information content (AvgIpc) is 3.18. The lowest BCUT2D eigenvalue weighted by Gasteiger charge is -2.14. The fourth-order valence-electron chi connectivity index (χ4n) is 3.82. The van der Waals surface area contributed by atoms with Crippen molar-refractivity contribution in [1.29, 1.82) is 0 Å². The Balaban J connectivity index is 2.12. The zero-order chi connectivity index (χ0) is 22.3. The highest BCUT2D eigenvalue weighted by Gasteiger charge is 2.24. The van der Waals surface area contributed by atoms with Gasteiger partial charge in [-0.1, -0.05) is 25.8 Å². The first-order valence-electron chi connectivity index (χ1n) is 10.2. The number of hydrogen-bond acceptors (Lipinski definition) is 6. The van der Waals surface area contributed by atoms with E-state index in [1.807, 2.05) is 6.07 Å². The Hall–Kier alpha value is -3.69. The molecule has 4 aromatic rings. The monoisotopic (exact) mass is 424 g/mol. The van der Waals surface area contributed by atoms with Gasteiger partial charge in [-0.3, -0.25) is 28.3 Å². The quantitative estimate of drug-likeness (QED) is 0.460. The molecule has 4 aromatic heterocycles. The van der Waals surface area contributed by atoms with Crippen LogP contribution in [0.25, 0.3) is 16.9 Å². The Morgan fingerprint density at radius 2 is 1.81 bits per heavy atom. The van der Waals surface area contributed by atoms with Crippen LogP contribution in [0, 0.1) is 0 Å². The minimum Gasteiger partial charge on any atom is -0.494 e. The van der Waals surface area contributed by atoms with Gasteiger partial charge in [0.2, 0.25) is 11.7 Å². The molecule has 0 aliphatic heterocycles.